The minimum atomic E-state index is -3.33. The van der Waals surface area contributed by atoms with Crippen molar-refractivity contribution in [1.82, 2.24) is 9.97 Å². The Morgan fingerprint density at radius 3 is 2.74 bits per heavy atom. The zero-order valence-electron chi connectivity index (χ0n) is 12.2. The smallest absolute Gasteiger partial charge is 0.237 e. The summed E-state index contributed by atoms with van der Waals surface area (Å²) in [5.74, 6) is 0.467. The molecule has 0 aliphatic heterocycles. The first kappa shape index (κ1) is 16.5. The van der Waals surface area contributed by atoms with Crippen LogP contribution < -0.4 is 9.62 Å². The lowest BCUT2D eigenvalue weighted by atomic mass is 10.2. The molecule has 0 amide bonds. The van der Waals surface area contributed by atoms with Crippen LogP contribution in [0.5, 0.6) is 0 Å². The van der Waals surface area contributed by atoms with Crippen molar-refractivity contribution in [2.24, 2.45) is 0 Å². The first-order valence-electron chi connectivity index (χ1n) is 6.91. The fourth-order valence-electron chi connectivity index (χ4n) is 2.14. The average molecular weight is 418 g/mol. The molecule has 1 saturated carbocycles. The molecule has 122 valence electrons. The summed E-state index contributed by atoms with van der Waals surface area (Å²) in [6.07, 6.45) is 2.97. The maximum absolute atomic E-state index is 12.5. The van der Waals surface area contributed by atoms with E-state index in [0.29, 0.717) is 21.7 Å². The Morgan fingerprint density at radius 1 is 1.35 bits per heavy atom. The molecule has 1 aromatic heterocycles. The number of nitrogens with one attached hydrogen (secondary N) is 1. The van der Waals surface area contributed by atoms with Crippen molar-refractivity contribution in [3.8, 4) is 0 Å². The van der Waals surface area contributed by atoms with Gasteiger partial charge in [0.05, 0.1) is 21.1 Å². The van der Waals surface area contributed by atoms with Crippen LogP contribution in [-0.4, -0.2) is 30.7 Å². The molecule has 1 aromatic carbocycles. The number of hydrogen-bond acceptors (Lipinski definition) is 5. The number of benzene rings is 1. The molecule has 1 aliphatic carbocycles. The maximum Gasteiger partial charge on any atom is 0.237 e. The molecule has 6 nitrogen and oxygen atoms in total. The summed E-state index contributed by atoms with van der Waals surface area (Å²) >= 11 is 9.16. The average Bonchev–Trinajstić information content (AvgIpc) is 3.36. The second-order valence-electron chi connectivity index (χ2n) is 5.19. The topological polar surface area (TPSA) is 75.2 Å². The number of sulfonamides is 1. The van der Waals surface area contributed by atoms with Gasteiger partial charge < -0.3 is 5.32 Å². The van der Waals surface area contributed by atoms with Crippen LogP contribution >= 0.6 is 27.5 Å². The molecule has 0 radical (unpaired) electrons. The number of para-hydroxylation sites is 2. The zero-order valence-corrected chi connectivity index (χ0v) is 15.4. The summed E-state index contributed by atoms with van der Waals surface area (Å²) in [6.45, 7) is 0. The van der Waals surface area contributed by atoms with Crippen LogP contribution in [0.25, 0.3) is 0 Å². The normalized spacial score (nSPS) is 14.6. The number of rotatable bonds is 5. The lowest BCUT2D eigenvalue weighted by Gasteiger charge is -2.22. The van der Waals surface area contributed by atoms with E-state index in [0.717, 1.165) is 12.8 Å². The van der Waals surface area contributed by atoms with Gasteiger partial charge in [0.15, 0.2) is 0 Å². The predicted molar refractivity (Wildman–Crippen MR) is 94.8 cm³/mol. The van der Waals surface area contributed by atoms with E-state index < -0.39 is 10.0 Å². The predicted octanol–water partition coefficient (Wildman–Crippen LogP) is 3.56. The van der Waals surface area contributed by atoms with Gasteiger partial charge in [-0.2, -0.15) is 4.98 Å². The van der Waals surface area contributed by atoms with Crippen LogP contribution in [0.2, 0.25) is 5.28 Å². The van der Waals surface area contributed by atoms with E-state index in [1.54, 1.807) is 25.2 Å². The SMILES string of the molecule is CN(c1ccccc1Nc1nc(Cl)ncc1Br)S(=O)(=O)C1CC1. The fraction of sp³-hybridized carbons (Fsp3) is 0.286. The number of halogens is 2. The molecule has 0 saturated heterocycles. The Bertz CT molecular complexity index is 842. The van der Waals surface area contributed by atoms with Gasteiger partial charge in [0.2, 0.25) is 15.3 Å². The molecule has 1 N–H and O–H groups in total. The second kappa shape index (κ2) is 6.26. The van der Waals surface area contributed by atoms with E-state index in [9.17, 15) is 8.42 Å². The third kappa shape index (κ3) is 3.44. The van der Waals surface area contributed by atoms with E-state index in [1.165, 1.54) is 10.5 Å². The van der Waals surface area contributed by atoms with Crippen LogP contribution in [0.1, 0.15) is 12.8 Å². The Kier molecular flexibility index (Phi) is 4.48. The van der Waals surface area contributed by atoms with Gasteiger partial charge in [-0.25, -0.2) is 13.4 Å². The summed E-state index contributed by atoms with van der Waals surface area (Å²) in [7, 11) is -1.76. The minimum Gasteiger partial charge on any atom is -0.337 e. The van der Waals surface area contributed by atoms with Gasteiger partial charge in [0.25, 0.3) is 0 Å². The van der Waals surface area contributed by atoms with E-state index in [2.05, 4.69) is 31.2 Å². The number of anilines is 3. The van der Waals surface area contributed by atoms with Crippen molar-refractivity contribution in [2.45, 2.75) is 18.1 Å². The van der Waals surface area contributed by atoms with Crippen molar-refractivity contribution in [2.75, 3.05) is 16.7 Å². The quantitative estimate of drug-likeness (QED) is 0.753. The van der Waals surface area contributed by atoms with Crippen molar-refractivity contribution < 1.29 is 8.42 Å². The summed E-state index contributed by atoms with van der Waals surface area (Å²) in [5, 5.41) is 2.93. The second-order valence-corrected chi connectivity index (χ2v) is 8.63. The molecule has 3 rings (SSSR count). The molecular weight excluding hydrogens is 404 g/mol. The van der Waals surface area contributed by atoms with Gasteiger partial charge in [0.1, 0.15) is 5.82 Å². The van der Waals surface area contributed by atoms with Gasteiger partial charge in [-0.05, 0) is 52.5 Å². The van der Waals surface area contributed by atoms with E-state index in [-0.39, 0.29) is 10.5 Å². The van der Waals surface area contributed by atoms with Crippen LogP contribution in [-0.2, 0) is 10.0 Å². The molecular formula is C14H14BrClN4O2S. The molecule has 0 unspecified atom stereocenters. The standard InChI is InChI=1S/C14H14BrClN4O2S/c1-20(23(21,22)9-6-7-9)12-5-3-2-4-11(12)18-13-10(15)8-17-14(16)19-13/h2-5,8-9H,6-7H2,1H3,(H,17,18,19). The Hall–Kier alpha value is -1.38. The summed E-state index contributed by atoms with van der Waals surface area (Å²) in [6, 6.07) is 7.15. The number of hydrogen-bond donors (Lipinski definition) is 1. The van der Waals surface area contributed by atoms with E-state index in [4.69, 9.17) is 11.6 Å². The molecule has 0 atom stereocenters. The maximum atomic E-state index is 12.5. The van der Waals surface area contributed by atoms with Gasteiger partial charge in [-0.15, -0.1) is 0 Å². The van der Waals surface area contributed by atoms with Gasteiger partial charge >= 0.3 is 0 Å². The molecule has 1 aliphatic rings. The largest absolute Gasteiger partial charge is 0.337 e. The molecule has 0 spiro atoms. The molecule has 9 heteroatoms. The highest BCUT2D eigenvalue weighted by Gasteiger charge is 2.39. The van der Waals surface area contributed by atoms with Gasteiger partial charge in [-0.3, -0.25) is 4.31 Å². The number of aromatic nitrogens is 2. The molecule has 0 bridgehead atoms. The summed E-state index contributed by atoms with van der Waals surface area (Å²) < 4.78 is 26.9. The Morgan fingerprint density at radius 2 is 2.04 bits per heavy atom. The highest BCUT2D eigenvalue weighted by molar-refractivity contribution is 9.10. The zero-order chi connectivity index (χ0) is 16.6. The molecule has 1 fully saturated rings. The van der Waals surface area contributed by atoms with Crippen LogP contribution in [0.3, 0.4) is 0 Å². The molecule has 1 heterocycles. The lowest BCUT2D eigenvalue weighted by Crippen LogP contribution is -2.30. The van der Waals surface area contributed by atoms with Crippen molar-refractivity contribution >= 4 is 54.7 Å². The first-order chi connectivity index (χ1) is 10.9. The monoisotopic (exact) mass is 416 g/mol. The highest BCUT2D eigenvalue weighted by Crippen LogP contribution is 2.36. The minimum absolute atomic E-state index is 0.104. The Labute approximate surface area is 148 Å². The van der Waals surface area contributed by atoms with Gasteiger partial charge in [-0.1, -0.05) is 12.1 Å². The van der Waals surface area contributed by atoms with Crippen molar-refractivity contribution in [3.63, 3.8) is 0 Å². The van der Waals surface area contributed by atoms with Crippen LogP contribution in [0.15, 0.2) is 34.9 Å². The van der Waals surface area contributed by atoms with Gasteiger partial charge in [0, 0.05) is 13.2 Å². The van der Waals surface area contributed by atoms with Crippen molar-refractivity contribution in [3.05, 3.63) is 40.2 Å². The Balaban J connectivity index is 1.96. The fourth-order valence-corrected chi connectivity index (χ4v) is 4.18. The highest BCUT2D eigenvalue weighted by atomic mass is 79.9. The summed E-state index contributed by atoms with van der Waals surface area (Å²) in [4.78, 5) is 7.98. The van der Waals surface area contributed by atoms with Crippen molar-refractivity contribution in [1.29, 1.82) is 0 Å². The van der Waals surface area contributed by atoms with E-state index in [1.807, 2.05) is 6.07 Å². The third-order valence-electron chi connectivity index (χ3n) is 3.54. The molecule has 23 heavy (non-hydrogen) atoms. The molecule has 2 aromatic rings. The third-order valence-corrected chi connectivity index (χ3v) is 6.57. The van der Waals surface area contributed by atoms with E-state index >= 15 is 0 Å². The number of nitrogens with zero attached hydrogens (tertiary/aromatic N) is 3. The van der Waals surface area contributed by atoms with Crippen LogP contribution in [0, 0.1) is 0 Å². The van der Waals surface area contributed by atoms with Crippen LogP contribution in [0.4, 0.5) is 17.2 Å². The summed E-state index contributed by atoms with van der Waals surface area (Å²) in [5.41, 5.74) is 1.18. The lowest BCUT2D eigenvalue weighted by molar-refractivity contribution is 0.593. The first-order valence-corrected chi connectivity index (χ1v) is 9.59.